The fourth-order valence-electron chi connectivity index (χ4n) is 1.92. The minimum Gasteiger partial charge on any atom is -0.489 e. The summed E-state index contributed by atoms with van der Waals surface area (Å²) in [5.74, 6) is 0.761. The van der Waals surface area contributed by atoms with E-state index in [-0.39, 0.29) is 12.0 Å². The van der Waals surface area contributed by atoms with Gasteiger partial charge in [0.2, 0.25) is 5.91 Å². The summed E-state index contributed by atoms with van der Waals surface area (Å²) in [6.45, 7) is 4.66. The van der Waals surface area contributed by atoms with Crippen LogP contribution in [0.15, 0.2) is 24.3 Å². The quantitative estimate of drug-likeness (QED) is 0.681. The van der Waals surface area contributed by atoms with Gasteiger partial charge in [0.25, 0.3) is 0 Å². The van der Waals surface area contributed by atoms with E-state index < -0.39 is 0 Å². The van der Waals surface area contributed by atoms with Gasteiger partial charge in [-0.25, -0.2) is 0 Å². The number of nitrogens with two attached hydrogens (primary N) is 1. The molecule has 4 nitrogen and oxygen atoms in total. The number of hydrogen-bond acceptors (Lipinski definition) is 3. The van der Waals surface area contributed by atoms with E-state index in [9.17, 15) is 4.79 Å². The number of ether oxygens (including phenoxy) is 1. The first-order chi connectivity index (χ1) is 9.63. The van der Waals surface area contributed by atoms with Crippen LogP contribution >= 0.6 is 0 Å². The fourth-order valence-corrected chi connectivity index (χ4v) is 1.92. The summed E-state index contributed by atoms with van der Waals surface area (Å²) in [6, 6.07) is 7.53. The molecule has 0 atom stereocenters. The molecule has 0 fully saturated rings. The average Bonchev–Trinajstić information content (AvgIpc) is 2.40. The molecule has 1 amide bonds. The molecule has 0 aliphatic rings. The summed E-state index contributed by atoms with van der Waals surface area (Å²) in [6.07, 6.45) is 4.71. The molecule has 0 aliphatic carbocycles. The minimum atomic E-state index is 0.0394. The number of unbranched alkanes of at least 4 members (excludes halogenated alkanes) is 3. The Balaban J connectivity index is 2.41. The van der Waals surface area contributed by atoms with Gasteiger partial charge in [-0.05, 0) is 45.4 Å². The predicted molar refractivity (Wildman–Crippen MR) is 83.0 cm³/mol. The lowest BCUT2D eigenvalue weighted by Gasteiger charge is -2.14. The molecule has 0 saturated carbocycles. The third kappa shape index (κ3) is 6.57. The Morgan fingerprint density at radius 1 is 1.20 bits per heavy atom. The molecule has 1 aromatic carbocycles. The number of carbonyl (C=O) groups is 1. The van der Waals surface area contributed by atoms with E-state index in [2.05, 4.69) is 5.32 Å². The van der Waals surface area contributed by atoms with Gasteiger partial charge in [0.05, 0.1) is 11.8 Å². The number of hydrogen-bond donors (Lipinski definition) is 2. The van der Waals surface area contributed by atoms with Crippen LogP contribution in [0, 0.1) is 0 Å². The Morgan fingerprint density at radius 2 is 1.90 bits per heavy atom. The molecular weight excluding hydrogens is 252 g/mol. The maximum Gasteiger partial charge on any atom is 0.224 e. The number of benzene rings is 1. The molecule has 0 aliphatic heterocycles. The third-order valence-electron chi connectivity index (χ3n) is 2.88. The van der Waals surface area contributed by atoms with E-state index in [4.69, 9.17) is 10.5 Å². The molecule has 20 heavy (non-hydrogen) atoms. The van der Waals surface area contributed by atoms with Crippen LogP contribution in [0.1, 0.15) is 46.0 Å². The second kappa shape index (κ2) is 9.37. The number of para-hydroxylation sites is 2. The summed E-state index contributed by atoms with van der Waals surface area (Å²) >= 11 is 0. The first-order valence-corrected chi connectivity index (χ1v) is 7.39. The van der Waals surface area contributed by atoms with Gasteiger partial charge in [-0.1, -0.05) is 25.0 Å². The standard InChI is InChI=1S/C16H26N2O2/c1-13(2)20-15-10-7-6-9-14(15)18-16(19)11-5-3-4-8-12-17/h6-7,9-10,13H,3-5,8,11-12,17H2,1-2H3,(H,18,19). The van der Waals surface area contributed by atoms with Crippen LogP contribution in [0.5, 0.6) is 5.75 Å². The lowest BCUT2D eigenvalue weighted by atomic mass is 10.1. The van der Waals surface area contributed by atoms with Crippen molar-refractivity contribution >= 4 is 11.6 Å². The molecule has 0 radical (unpaired) electrons. The van der Waals surface area contributed by atoms with Gasteiger partial charge in [0.1, 0.15) is 5.75 Å². The molecule has 1 rings (SSSR count). The van der Waals surface area contributed by atoms with Gasteiger partial charge >= 0.3 is 0 Å². The topological polar surface area (TPSA) is 64.3 Å². The third-order valence-corrected chi connectivity index (χ3v) is 2.88. The van der Waals surface area contributed by atoms with Gasteiger partial charge < -0.3 is 15.8 Å². The molecule has 3 N–H and O–H groups in total. The molecule has 1 aromatic rings. The lowest BCUT2D eigenvalue weighted by molar-refractivity contribution is -0.116. The van der Waals surface area contributed by atoms with Gasteiger partial charge in [0, 0.05) is 6.42 Å². The van der Waals surface area contributed by atoms with Crippen molar-refractivity contribution in [2.75, 3.05) is 11.9 Å². The van der Waals surface area contributed by atoms with E-state index >= 15 is 0 Å². The SMILES string of the molecule is CC(C)Oc1ccccc1NC(=O)CCCCCCN. The molecule has 0 aromatic heterocycles. The second-order valence-electron chi connectivity index (χ2n) is 5.16. The summed E-state index contributed by atoms with van der Waals surface area (Å²) in [5.41, 5.74) is 6.18. The molecule has 0 bridgehead atoms. The van der Waals surface area contributed by atoms with Gasteiger partial charge in [-0.3, -0.25) is 4.79 Å². The Hall–Kier alpha value is -1.55. The summed E-state index contributed by atoms with van der Waals surface area (Å²) in [4.78, 5) is 11.9. The number of rotatable bonds is 9. The van der Waals surface area contributed by atoms with Crippen LogP contribution < -0.4 is 15.8 Å². The van der Waals surface area contributed by atoms with E-state index in [1.165, 1.54) is 0 Å². The van der Waals surface area contributed by atoms with E-state index in [0.717, 1.165) is 43.7 Å². The number of nitrogens with one attached hydrogen (secondary N) is 1. The van der Waals surface area contributed by atoms with Crippen molar-refractivity contribution in [3.63, 3.8) is 0 Å². The molecule has 0 saturated heterocycles. The Kier molecular flexibility index (Phi) is 7.73. The van der Waals surface area contributed by atoms with Crippen LogP contribution in [0.2, 0.25) is 0 Å². The monoisotopic (exact) mass is 278 g/mol. The van der Waals surface area contributed by atoms with E-state index in [0.29, 0.717) is 6.42 Å². The van der Waals surface area contributed by atoms with Gasteiger partial charge in [-0.15, -0.1) is 0 Å². The van der Waals surface area contributed by atoms with Crippen molar-refractivity contribution in [3.8, 4) is 5.75 Å². The highest BCUT2D eigenvalue weighted by atomic mass is 16.5. The second-order valence-corrected chi connectivity index (χ2v) is 5.16. The summed E-state index contributed by atoms with van der Waals surface area (Å²) in [5, 5.41) is 2.92. The van der Waals surface area contributed by atoms with Crippen LogP contribution in [0.4, 0.5) is 5.69 Å². The number of amides is 1. The number of anilines is 1. The minimum absolute atomic E-state index is 0.0394. The molecule has 112 valence electrons. The summed E-state index contributed by atoms with van der Waals surface area (Å²) in [7, 11) is 0. The lowest BCUT2D eigenvalue weighted by Crippen LogP contribution is -2.14. The highest BCUT2D eigenvalue weighted by Gasteiger charge is 2.08. The Bertz CT molecular complexity index is 405. The summed E-state index contributed by atoms with van der Waals surface area (Å²) < 4.78 is 5.68. The largest absolute Gasteiger partial charge is 0.489 e. The molecule has 0 spiro atoms. The zero-order valence-corrected chi connectivity index (χ0v) is 12.5. The zero-order chi connectivity index (χ0) is 14.8. The Morgan fingerprint density at radius 3 is 2.60 bits per heavy atom. The normalized spacial score (nSPS) is 10.6. The van der Waals surface area contributed by atoms with Crippen LogP contribution in [-0.4, -0.2) is 18.6 Å². The van der Waals surface area contributed by atoms with Crippen LogP contribution in [-0.2, 0) is 4.79 Å². The van der Waals surface area contributed by atoms with Crippen molar-refractivity contribution in [1.29, 1.82) is 0 Å². The molecule has 0 heterocycles. The van der Waals surface area contributed by atoms with Crippen molar-refractivity contribution in [2.24, 2.45) is 5.73 Å². The van der Waals surface area contributed by atoms with Crippen molar-refractivity contribution in [3.05, 3.63) is 24.3 Å². The van der Waals surface area contributed by atoms with Gasteiger partial charge in [-0.2, -0.15) is 0 Å². The van der Waals surface area contributed by atoms with Crippen molar-refractivity contribution in [1.82, 2.24) is 0 Å². The zero-order valence-electron chi connectivity index (χ0n) is 12.5. The Labute approximate surface area is 121 Å². The predicted octanol–water partition coefficient (Wildman–Crippen LogP) is 3.32. The molecule has 4 heteroatoms. The van der Waals surface area contributed by atoms with Crippen molar-refractivity contribution in [2.45, 2.75) is 52.1 Å². The maximum atomic E-state index is 11.9. The van der Waals surface area contributed by atoms with Crippen molar-refractivity contribution < 1.29 is 9.53 Å². The molecular formula is C16H26N2O2. The highest BCUT2D eigenvalue weighted by molar-refractivity contribution is 5.92. The molecule has 0 unspecified atom stereocenters. The van der Waals surface area contributed by atoms with E-state index in [1.54, 1.807) is 0 Å². The number of carbonyl (C=O) groups excluding carboxylic acids is 1. The first kappa shape index (κ1) is 16.5. The smallest absolute Gasteiger partial charge is 0.224 e. The first-order valence-electron chi connectivity index (χ1n) is 7.39. The average molecular weight is 278 g/mol. The van der Waals surface area contributed by atoms with Gasteiger partial charge in [0.15, 0.2) is 0 Å². The maximum absolute atomic E-state index is 11.9. The fraction of sp³-hybridized carbons (Fsp3) is 0.562. The van der Waals surface area contributed by atoms with Crippen LogP contribution in [0.3, 0.4) is 0 Å². The van der Waals surface area contributed by atoms with Crippen LogP contribution in [0.25, 0.3) is 0 Å². The van der Waals surface area contributed by atoms with E-state index in [1.807, 2.05) is 38.1 Å². The highest BCUT2D eigenvalue weighted by Crippen LogP contribution is 2.25.